The number of aryl methyl sites for hydroxylation is 1. The van der Waals surface area contributed by atoms with E-state index in [-0.39, 0.29) is 5.41 Å². The average Bonchev–Trinajstić information content (AvgIpc) is 2.36. The molecule has 0 N–H and O–H groups in total. The first-order valence-corrected chi connectivity index (χ1v) is 7.17. The molecule has 2 fully saturated rings. The minimum absolute atomic E-state index is 0.177. The van der Waals surface area contributed by atoms with Crippen molar-refractivity contribution in [2.24, 2.45) is 5.41 Å². The Hall–Kier alpha value is -1.29. The molecular weight excluding hydrogens is 218 g/mol. The van der Waals surface area contributed by atoms with Crippen LogP contribution in [0.5, 0.6) is 0 Å². The molecule has 1 nitrogen and oxygen atoms in total. The number of rotatable bonds is 1. The zero-order chi connectivity index (χ0) is 12.6. The van der Waals surface area contributed by atoms with Gasteiger partial charge in [0, 0.05) is 0 Å². The molecule has 18 heavy (non-hydrogen) atoms. The lowest BCUT2D eigenvalue weighted by atomic mass is 9.47. The van der Waals surface area contributed by atoms with Crippen LogP contribution in [0.15, 0.2) is 24.3 Å². The summed E-state index contributed by atoms with van der Waals surface area (Å²) in [5, 5.41) is 9.64. The van der Waals surface area contributed by atoms with E-state index in [1.807, 2.05) is 0 Å². The van der Waals surface area contributed by atoms with E-state index in [0.717, 1.165) is 12.8 Å². The predicted octanol–water partition coefficient (Wildman–Crippen LogP) is 4.50. The Labute approximate surface area is 110 Å². The lowest BCUT2D eigenvalue weighted by Crippen LogP contribution is -2.49. The van der Waals surface area contributed by atoms with Gasteiger partial charge in [-0.3, -0.25) is 0 Å². The summed E-state index contributed by atoms with van der Waals surface area (Å²) in [4.78, 5) is 0. The maximum Gasteiger partial charge on any atom is 0.0833 e. The van der Waals surface area contributed by atoms with E-state index >= 15 is 0 Å². The van der Waals surface area contributed by atoms with Crippen molar-refractivity contribution in [2.45, 2.75) is 57.3 Å². The molecule has 94 valence electrons. The topological polar surface area (TPSA) is 23.8 Å². The lowest BCUT2D eigenvalue weighted by Gasteiger charge is -2.55. The summed E-state index contributed by atoms with van der Waals surface area (Å²) in [6.45, 7) is 2.11. The normalized spacial score (nSPS) is 24.2. The summed E-state index contributed by atoms with van der Waals surface area (Å²) in [5.41, 5.74) is 2.86. The number of hydrogen-bond acceptors (Lipinski definition) is 1. The van der Waals surface area contributed by atoms with Crippen LogP contribution in [0, 0.1) is 23.7 Å². The Kier molecular flexibility index (Phi) is 2.70. The van der Waals surface area contributed by atoms with Crippen molar-refractivity contribution >= 4 is 0 Å². The number of benzene rings is 1. The van der Waals surface area contributed by atoms with Crippen LogP contribution in [-0.4, -0.2) is 0 Å². The monoisotopic (exact) mass is 239 g/mol. The van der Waals surface area contributed by atoms with E-state index in [2.05, 4.69) is 37.3 Å². The first kappa shape index (κ1) is 11.8. The average molecular weight is 239 g/mol. The van der Waals surface area contributed by atoms with Crippen molar-refractivity contribution in [2.75, 3.05) is 0 Å². The Morgan fingerprint density at radius 2 is 1.83 bits per heavy atom. The summed E-state index contributed by atoms with van der Waals surface area (Å²) in [7, 11) is 0. The third kappa shape index (κ3) is 1.75. The van der Waals surface area contributed by atoms with Crippen LogP contribution >= 0.6 is 0 Å². The minimum Gasteiger partial charge on any atom is -0.197 e. The fraction of sp³-hybridized carbons (Fsp3) is 0.588. The zero-order valence-corrected chi connectivity index (χ0v) is 11.2. The van der Waals surface area contributed by atoms with Crippen LogP contribution in [0.2, 0.25) is 0 Å². The van der Waals surface area contributed by atoms with Crippen LogP contribution in [0.25, 0.3) is 0 Å². The maximum absolute atomic E-state index is 9.64. The van der Waals surface area contributed by atoms with E-state index in [0.29, 0.717) is 5.41 Å². The summed E-state index contributed by atoms with van der Waals surface area (Å²) in [6.07, 6.45) is 9.03. The molecule has 0 unspecified atom stereocenters. The van der Waals surface area contributed by atoms with Gasteiger partial charge >= 0.3 is 0 Å². The molecule has 0 bridgehead atoms. The zero-order valence-electron chi connectivity index (χ0n) is 11.2. The fourth-order valence-electron chi connectivity index (χ4n) is 4.17. The Morgan fingerprint density at radius 3 is 2.44 bits per heavy atom. The highest BCUT2D eigenvalue weighted by Gasteiger charge is 2.55. The van der Waals surface area contributed by atoms with Gasteiger partial charge in [-0.2, -0.15) is 5.26 Å². The van der Waals surface area contributed by atoms with Gasteiger partial charge in [0.2, 0.25) is 0 Å². The SMILES string of the molecule is Cc1cccc(C2(C#N)CC3(CCCCC3)C2)c1. The van der Waals surface area contributed by atoms with Crippen molar-refractivity contribution in [3.05, 3.63) is 35.4 Å². The van der Waals surface area contributed by atoms with Crippen molar-refractivity contribution in [3.8, 4) is 6.07 Å². The molecule has 2 aliphatic rings. The van der Waals surface area contributed by atoms with Gasteiger partial charge in [-0.1, -0.05) is 49.1 Å². The van der Waals surface area contributed by atoms with Crippen molar-refractivity contribution in [1.29, 1.82) is 5.26 Å². The van der Waals surface area contributed by atoms with Crippen molar-refractivity contribution in [3.63, 3.8) is 0 Å². The quantitative estimate of drug-likeness (QED) is 0.707. The molecule has 1 spiro atoms. The molecule has 0 amide bonds. The van der Waals surface area contributed by atoms with E-state index in [1.54, 1.807) is 0 Å². The summed E-state index contributed by atoms with van der Waals surface area (Å²) < 4.78 is 0. The molecule has 0 aliphatic heterocycles. The molecule has 0 saturated heterocycles. The van der Waals surface area contributed by atoms with Crippen molar-refractivity contribution < 1.29 is 0 Å². The Balaban J connectivity index is 1.85. The van der Waals surface area contributed by atoms with Gasteiger partial charge in [0.15, 0.2) is 0 Å². The Bertz CT molecular complexity index is 481. The fourth-order valence-corrected chi connectivity index (χ4v) is 4.17. The van der Waals surface area contributed by atoms with Gasteiger partial charge in [-0.05, 0) is 43.6 Å². The van der Waals surface area contributed by atoms with Gasteiger partial charge in [-0.15, -0.1) is 0 Å². The van der Waals surface area contributed by atoms with Crippen LogP contribution in [0.3, 0.4) is 0 Å². The summed E-state index contributed by atoms with van der Waals surface area (Å²) in [6, 6.07) is 11.2. The second-order valence-electron chi connectivity index (χ2n) is 6.48. The number of nitrogens with zero attached hydrogens (tertiary/aromatic N) is 1. The second-order valence-corrected chi connectivity index (χ2v) is 6.48. The minimum atomic E-state index is -0.177. The van der Waals surface area contributed by atoms with Gasteiger partial charge < -0.3 is 0 Å². The molecule has 2 saturated carbocycles. The molecular formula is C17H21N. The van der Waals surface area contributed by atoms with E-state index in [9.17, 15) is 5.26 Å². The molecule has 0 aromatic heterocycles. The summed E-state index contributed by atoms with van der Waals surface area (Å²) in [5.74, 6) is 0. The van der Waals surface area contributed by atoms with Crippen molar-refractivity contribution in [1.82, 2.24) is 0 Å². The largest absolute Gasteiger partial charge is 0.197 e. The highest BCUT2D eigenvalue weighted by atomic mass is 14.6. The third-order valence-electron chi connectivity index (χ3n) is 5.05. The van der Waals surface area contributed by atoms with E-state index in [4.69, 9.17) is 0 Å². The lowest BCUT2D eigenvalue weighted by molar-refractivity contribution is 0.0168. The second kappa shape index (κ2) is 4.12. The molecule has 0 atom stereocenters. The van der Waals surface area contributed by atoms with Gasteiger partial charge in [0.05, 0.1) is 11.5 Å². The molecule has 0 radical (unpaired) electrons. The molecule has 1 heteroatoms. The van der Waals surface area contributed by atoms with E-state index in [1.165, 1.54) is 43.2 Å². The highest BCUT2D eigenvalue weighted by molar-refractivity contribution is 5.39. The van der Waals surface area contributed by atoms with Crippen LogP contribution in [0.4, 0.5) is 0 Å². The van der Waals surface area contributed by atoms with Crippen LogP contribution in [0.1, 0.15) is 56.1 Å². The standard InChI is InChI=1S/C17H21N/c1-14-6-5-7-15(10-14)17(13-18)11-16(12-17)8-3-2-4-9-16/h5-7,10H,2-4,8-9,11-12H2,1H3. The van der Waals surface area contributed by atoms with Gasteiger partial charge in [-0.25, -0.2) is 0 Å². The first-order chi connectivity index (χ1) is 8.68. The van der Waals surface area contributed by atoms with Gasteiger partial charge in [0.25, 0.3) is 0 Å². The third-order valence-corrected chi connectivity index (χ3v) is 5.05. The highest BCUT2D eigenvalue weighted by Crippen LogP contribution is 2.61. The predicted molar refractivity (Wildman–Crippen MR) is 73.2 cm³/mol. The smallest absolute Gasteiger partial charge is 0.0833 e. The molecule has 3 rings (SSSR count). The van der Waals surface area contributed by atoms with Gasteiger partial charge in [0.1, 0.15) is 0 Å². The first-order valence-electron chi connectivity index (χ1n) is 7.17. The number of hydrogen-bond donors (Lipinski definition) is 0. The summed E-state index contributed by atoms with van der Waals surface area (Å²) >= 11 is 0. The van der Waals surface area contributed by atoms with Crippen LogP contribution in [-0.2, 0) is 5.41 Å². The maximum atomic E-state index is 9.64. The van der Waals surface area contributed by atoms with E-state index < -0.39 is 0 Å². The molecule has 1 aromatic carbocycles. The number of nitriles is 1. The molecule has 1 aromatic rings. The molecule has 2 aliphatic carbocycles. The molecule has 0 heterocycles. The Morgan fingerprint density at radius 1 is 1.11 bits per heavy atom. The van der Waals surface area contributed by atoms with Crippen LogP contribution < -0.4 is 0 Å².